The molecule has 0 unspecified atom stereocenters. The standard InChI is InChI=1S/C9H16O/c1-3-4-9(7-10)5-8(2)6-9/h7-8H,3-6H2,1-2H3. The van der Waals surface area contributed by atoms with Crippen molar-refractivity contribution in [1.29, 1.82) is 0 Å². The largest absolute Gasteiger partial charge is 0.303 e. The van der Waals surface area contributed by atoms with E-state index in [0.29, 0.717) is 0 Å². The molecule has 0 saturated heterocycles. The van der Waals surface area contributed by atoms with E-state index in [0.717, 1.165) is 31.6 Å². The SMILES string of the molecule is CCCC1(C=O)CC(C)C1. The minimum atomic E-state index is 0.105. The van der Waals surface area contributed by atoms with Crippen LogP contribution >= 0.6 is 0 Å². The molecule has 0 amide bonds. The first-order chi connectivity index (χ1) is 4.72. The number of hydrogen-bond acceptors (Lipinski definition) is 1. The van der Waals surface area contributed by atoms with Gasteiger partial charge in [0, 0.05) is 5.41 Å². The lowest BCUT2D eigenvalue weighted by molar-refractivity contribution is -0.123. The molecule has 10 heavy (non-hydrogen) atoms. The summed E-state index contributed by atoms with van der Waals surface area (Å²) < 4.78 is 0. The molecular weight excluding hydrogens is 124 g/mol. The van der Waals surface area contributed by atoms with Gasteiger partial charge < -0.3 is 4.79 Å². The van der Waals surface area contributed by atoms with Crippen LogP contribution in [-0.2, 0) is 4.79 Å². The van der Waals surface area contributed by atoms with Crippen molar-refractivity contribution in [1.82, 2.24) is 0 Å². The molecule has 0 spiro atoms. The second-order valence-corrected chi connectivity index (χ2v) is 3.74. The molecule has 0 aromatic carbocycles. The second kappa shape index (κ2) is 2.73. The molecule has 0 aromatic rings. The van der Waals surface area contributed by atoms with E-state index in [2.05, 4.69) is 13.8 Å². The van der Waals surface area contributed by atoms with Crippen molar-refractivity contribution in [2.45, 2.75) is 39.5 Å². The van der Waals surface area contributed by atoms with Gasteiger partial charge in [0.2, 0.25) is 0 Å². The summed E-state index contributed by atoms with van der Waals surface area (Å²) in [5, 5.41) is 0. The van der Waals surface area contributed by atoms with Gasteiger partial charge in [-0.05, 0) is 25.2 Å². The molecule has 1 aliphatic rings. The summed E-state index contributed by atoms with van der Waals surface area (Å²) in [4.78, 5) is 10.6. The zero-order valence-corrected chi connectivity index (χ0v) is 6.89. The second-order valence-electron chi connectivity index (χ2n) is 3.74. The maximum absolute atomic E-state index is 10.6. The fourth-order valence-electron chi connectivity index (χ4n) is 2.19. The summed E-state index contributed by atoms with van der Waals surface area (Å²) >= 11 is 0. The Morgan fingerprint density at radius 1 is 1.60 bits per heavy atom. The Bertz CT molecular complexity index is 117. The predicted molar refractivity (Wildman–Crippen MR) is 41.8 cm³/mol. The summed E-state index contributed by atoms with van der Waals surface area (Å²) in [7, 11) is 0. The molecular formula is C9H16O. The lowest BCUT2D eigenvalue weighted by atomic mass is 9.61. The molecule has 1 aliphatic carbocycles. The third-order valence-electron chi connectivity index (χ3n) is 2.51. The number of hydrogen-bond donors (Lipinski definition) is 0. The van der Waals surface area contributed by atoms with Crippen LogP contribution in [0.4, 0.5) is 0 Å². The maximum Gasteiger partial charge on any atom is 0.126 e. The highest BCUT2D eigenvalue weighted by Crippen LogP contribution is 2.46. The smallest absolute Gasteiger partial charge is 0.126 e. The zero-order chi connectivity index (χ0) is 7.61. The van der Waals surface area contributed by atoms with Crippen molar-refractivity contribution in [3.8, 4) is 0 Å². The van der Waals surface area contributed by atoms with E-state index in [1.165, 1.54) is 6.29 Å². The maximum atomic E-state index is 10.6. The van der Waals surface area contributed by atoms with Gasteiger partial charge in [0.05, 0.1) is 0 Å². The summed E-state index contributed by atoms with van der Waals surface area (Å²) in [6.45, 7) is 4.37. The van der Waals surface area contributed by atoms with Crippen LogP contribution in [0.2, 0.25) is 0 Å². The molecule has 0 N–H and O–H groups in total. The summed E-state index contributed by atoms with van der Waals surface area (Å²) in [5.41, 5.74) is 0.105. The van der Waals surface area contributed by atoms with Gasteiger partial charge in [-0.3, -0.25) is 0 Å². The Morgan fingerprint density at radius 3 is 2.50 bits per heavy atom. The highest BCUT2D eigenvalue weighted by Gasteiger charge is 2.40. The zero-order valence-electron chi connectivity index (χ0n) is 6.89. The van der Waals surface area contributed by atoms with E-state index >= 15 is 0 Å². The van der Waals surface area contributed by atoms with E-state index in [1.807, 2.05) is 0 Å². The van der Waals surface area contributed by atoms with Gasteiger partial charge in [-0.1, -0.05) is 20.3 Å². The van der Waals surface area contributed by atoms with Crippen LogP contribution in [0.5, 0.6) is 0 Å². The average molecular weight is 140 g/mol. The van der Waals surface area contributed by atoms with Gasteiger partial charge in [-0.15, -0.1) is 0 Å². The van der Waals surface area contributed by atoms with Crippen LogP contribution in [0.3, 0.4) is 0 Å². The van der Waals surface area contributed by atoms with Crippen molar-refractivity contribution in [3.63, 3.8) is 0 Å². The highest BCUT2D eigenvalue weighted by molar-refractivity contribution is 5.61. The molecule has 1 nitrogen and oxygen atoms in total. The monoisotopic (exact) mass is 140 g/mol. The summed E-state index contributed by atoms with van der Waals surface area (Å²) in [6.07, 6.45) is 5.68. The quantitative estimate of drug-likeness (QED) is 0.550. The Kier molecular flexibility index (Phi) is 2.12. The van der Waals surface area contributed by atoms with Crippen molar-refractivity contribution in [2.24, 2.45) is 11.3 Å². The topological polar surface area (TPSA) is 17.1 Å². The molecule has 1 saturated carbocycles. The van der Waals surface area contributed by atoms with Crippen LogP contribution in [0.25, 0.3) is 0 Å². The fraction of sp³-hybridized carbons (Fsp3) is 0.889. The lowest BCUT2D eigenvalue weighted by Gasteiger charge is -2.42. The average Bonchev–Trinajstić information content (AvgIpc) is 1.84. The lowest BCUT2D eigenvalue weighted by Crippen LogP contribution is -2.36. The van der Waals surface area contributed by atoms with Crippen molar-refractivity contribution in [2.75, 3.05) is 0 Å². The normalized spacial score (nSPS) is 38.8. The summed E-state index contributed by atoms with van der Waals surface area (Å²) in [5.74, 6) is 0.789. The molecule has 58 valence electrons. The van der Waals surface area contributed by atoms with E-state index in [4.69, 9.17) is 0 Å². The molecule has 1 fully saturated rings. The Morgan fingerprint density at radius 2 is 2.20 bits per heavy atom. The van der Waals surface area contributed by atoms with Crippen LogP contribution in [0.15, 0.2) is 0 Å². The number of rotatable bonds is 3. The highest BCUT2D eigenvalue weighted by atomic mass is 16.1. The first kappa shape index (κ1) is 7.77. The van der Waals surface area contributed by atoms with Crippen LogP contribution in [0, 0.1) is 11.3 Å². The van der Waals surface area contributed by atoms with Crippen LogP contribution < -0.4 is 0 Å². The van der Waals surface area contributed by atoms with E-state index in [9.17, 15) is 4.79 Å². The fourth-order valence-corrected chi connectivity index (χ4v) is 2.19. The van der Waals surface area contributed by atoms with E-state index in [1.54, 1.807) is 0 Å². The molecule has 0 radical (unpaired) electrons. The molecule has 1 rings (SSSR count). The third kappa shape index (κ3) is 1.23. The Balaban J connectivity index is 2.40. The summed E-state index contributed by atoms with van der Waals surface area (Å²) in [6, 6.07) is 0. The molecule has 0 heterocycles. The number of carbonyl (C=O) groups excluding carboxylic acids is 1. The van der Waals surface area contributed by atoms with Gasteiger partial charge in [-0.2, -0.15) is 0 Å². The number of carbonyl (C=O) groups is 1. The van der Waals surface area contributed by atoms with Crippen molar-refractivity contribution in [3.05, 3.63) is 0 Å². The van der Waals surface area contributed by atoms with Crippen molar-refractivity contribution >= 4 is 6.29 Å². The van der Waals surface area contributed by atoms with Crippen LogP contribution in [-0.4, -0.2) is 6.29 Å². The first-order valence-corrected chi connectivity index (χ1v) is 4.19. The first-order valence-electron chi connectivity index (χ1n) is 4.19. The van der Waals surface area contributed by atoms with Crippen molar-refractivity contribution < 1.29 is 4.79 Å². The minimum absolute atomic E-state index is 0.105. The third-order valence-corrected chi connectivity index (χ3v) is 2.51. The van der Waals surface area contributed by atoms with Gasteiger partial charge in [0.1, 0.15) is 6.29 Å². The van der Waals surface area contributed by atoms with Gasteiger partial charge >= 0.3 is 0 Å². The molecule has 0 bridgehead atoms. The van der Waals surface area contributed by atoms with E-state index in [-0.39, 0.29) is 5.41 Å². The number of aldehydes is 1. The van der Waals surface area contributed by atoms with Gasteiger partial charge in [0.25, 0.3) is 0 Å². The van der Waals surface area contributed by atoms with Crippen LogP contribution in [0.1, 0.15) is 39.5 Å². The predicted octanol–water partition coefficient (Wildman–Crippen LogP) is 2.40. The molecule has 0 atom stereocenters. The Labute approximate surface area is 62.8 Å². The molecule has 1 heteroatoms. The molecule has 0 aliphatic heterocycles. The van der Waals surface area contributed by atoms with E-state index < -0.39 is 0 Å². The van der Waals surface area contributed by atoms with Gasteiger partial charge in [-0.25, -0.2) is 0 Å². The van der Waals surface area contributed by atoms with Gasteiger partial charge in [0.15, 0.2) is 0 Å². The minimum Gasteiger partial charge on any atom is -0.303 e. The molecule has 0 aromatic heterocycles. The Hall–Kier alpha value is -0.330.